The van der Waals surface area contributed by atoms with E-state index in [1.807, 2.05) is 0 Å². The Morgan fingerprint density at radius 1 is 1.33 bits per heavy atom. The number of nitrogens with zero attached hydrogens (tertiary/aromatic N) is 3. The SMILES string of the molecule is O=c1n(CCOCC(F)(F)F)nc2ccccn12. The molecule has 0 saturated heterocycles. The Balaban J connectivity index is 2.00. The first-order valence-electron chi connectivity index (χ1n) is 5.16. The van der Waals surface area contributed by atoms with Gasteiger partial charge in [0.05, 0.1) is 13.2 Å². The Morgan fingerprint density at radius 2 is 2.11 bits per heavy atom. The summed E-state index contributed by atoms with van der Waals surface area (Å²) in [4.78, 5) is 11.7. The van der Waals surface area contributed by atoms with Crippen molar-refractivity contribution in [3.8, 4) is 0 Å². The monoisotopic (exact) mass is 261 g/mol. The first-order valence-corrected chi connectivity index (χ1v) is 5.16. The number of hydrogen-bond donors (Lipinski definition) is 0. The van der Waals surface area contributed by atoms with Crippen LogP contribution in [0.1, 0.15) is 0 Å². The summed E-state index contributed by atoms with van der Waals surface area (Å²) in [6.45, 7) is -1.56. The van der Waals surface area contributed by atoms with E-state index in [0.29, 0.717) is 5.65 Å². The van der Waals surface area contributed by atoms with Gasteiger partial charge in [0.1, 0.15) is 6.61 Å². The summed E-state index contributed by atoms with van der Waals surface area (Å²) in [5.41, 5.74) is 0.0412. The van der Waals surface area contributed by atoms with E-state index in [1.54, 1.807) is 18.2 Å². The number of rotatable bonds is 4. The number of hydrogen-bond acceptors (Lipinski definition) is 3. The van der Waals surface area contributed by atoms with Gasteiger partial charge >= 0.3 is 11.9 Å². The molecule has 0 radical (unpaired) electrons. The van der Waals surface area contributed by atoms with Crippen LogP contribution in [0.5, 0.6) is 0 Å². The van der Waals surface area contributed by atoms with Crippen molar-refractivity contribution < 1.29 is 17.9 Å². The van der Waals surface area contributed by atoms with E-state index < -0.39 is 18.5 Å². The minimum Gasteiger partial charge on any atom is -0.370 e. The Morgan fingerprint density at radius 3 is 2.78 bits per heavy atom. The Labute approximate surface area is 99.4 Å². The molecule has 0 unspecified atom stereocenters. The van der Waals surface area contributed by atoms with Gasteiger partial charge in [-0.3, -0.25) is 4.40 Å². The number of ether oxygens (including phenoxy) is 1. The molecule has 2 heterocycles. The number of alkyl halides is 3. The van der Waals surface area contributed by atoms with Gasteiger partial charge in [-0.25, -0.2) is 9.48 Å². The smallest absolute Gasteiger partial charge is 0.370 e. The van der Waals surface area contributed by atoms with Crippen LogP contribution in [0.15, 0.2) is 29.2 Å². The molecule has 0 aliphatic heterocycles. The van der Waals surface area contributed by atoms with Gasteiger partial charge in [0, 0.05) is 6.20 Å². The number of halogens is 3. The molecule has 2 rings (SSSR count). The van der Waals surface area contributed by atoms with E-state index in [2.05, 4.69) is 9.84 Å². The Hall–Kier alpha value is -1.83. The maximum absolute atomic E-state index is 11.8. The summed E-state index contributed by atoms with van der Waals surface area (Å²) in [6, 6.07) is 5.02. The Kier molecular flexibility index (Phi) is 3.37. The van der Waals surface area contributed by atoms with Gasteiger partial charge in [-0.15, -0.1) is 5.10 Å². The molecule has 98 valence electrons. The topological polar surface area (TPSA) is 48.5 Å². The summed E-state index contributed by atoms with van der Waals surface area (Å²) in [6.07, 6.45) is -2.82. The molecule has 5 nitrogen and oxygen atoms in total. The number of aromatic nitrogens is 3. The van der Waals surface area contributed by atoms with Gasteiger partial charge in [0.25, 0.3) is 0 Å². The molecule has 0 aromatic carbocycles. The van der Waals surface area contributed by atoms with Crippen LogP contribution in [-0.4, -0.2) is 33.6 Å². The molecule has 0 aliphatic rings. The normalized spacial score (nSPS) is 12.2. The lowest BCUT2D eigenvalue weighted by Gasteiger charge is -2.06. The third kappa shape index (κ3) is 2.89. The third-order valence-electron chi connectivity index (χ3n) is 2.20. The van der Waals surface area contributed by atoms with E-state index in [1.165, 1.54) is 10.6 Å². The van der Waals surface area contributed by atoms with Crippen molar-refractivity contribution in [2.45, 2.75) is 12.7 Å². The van der Waals surface area contributed by atoms with Crippen molar-refractivity contribution in [3.05, 3.63) is 34.9 Å². The quantitative estimate of drug-likeness (QED) is 0.774. The largest absolute Gasteiger partial charge is 0.411 e. The van der Waals surface area contributed by atoms with Crippen LogP contribution in [-0.2, 0) is 11.3 Å². The summed E-state index contributed by atoms with van der Waals surface area (Å²) < 4.78 is 42.2. The molecular weight excluding hydrogens is 251 g/mol. The van der Waals surface area contributed by atoms with Crippen molar-refractivity contribution in [2.24, 2.45) is 0 Å². The molecule has 2 aromatic rings. The van der Waals surface area contributed by atoms with Crippen LogP contribution in [0.4, 0.5) is 13.2 Å². The zero-order chi connectivity index (χ0) is 13.2. The maximum Gasteiger partial charge on any atom is 0.411 e. The molecule has 8 heteroatoms. The Bertz CT molecular complexity index is 588. The van der Waals surface area contributed by atoms with Crippen molar-refractivity contribution in [3.63, 3.8) is 0 Å². The second kappa shape index (κ2) is 4.81. The first-order chi connectivity index (χ1) is 8.47. The van der Waals surface area contributed by atoms with E-state index >= 15 is 0 Å². The van der Waals surface area contributed by atoms with E-state index in [-0.39, 0.29) is 13.2 Å². The molecule has 0 atom stereocenters. The first kappa shape index (κ1) is 12.6. The lowest BCUT2D eigenvalue weighted by atomic mass is 10.5. The minimum absolute atomic E-state index is 0.0173. The molecule has 0 spiro atoms. The van der Waals surface area contributed by atoms with Crippen LogP contribution in [0.2, 0.25) is 0 Å². The second-order valence-electron chi connectivity index (χ2n) is 3.60. The molecule has 2 aromatic heterocycles. The lowest BCUT2D eigenvalue weighted by Crippen LogP contribution is -2.25. The fourth-order valence-electron chi connectivity index (χ4n) is 1.45. The molecule has 0 amide bonds. The highest BCUT2D eigenvalue weighted by atomic mass is 19.4. The predicted molar refractivity (Wildman–Crippen MR) is 56.3 cm³/mol. The summed E-state index contributed by atoms with van der Waals surface area (Å²) in [5.74, 6) is 0. The standard InChI is InChI=1S/C10H10F3N3O2/c11-10(12,13)7-18-6-5-16-9(17)15-4-2-1-3-8(15)14-16/h1-4H,5-7H2. The van der Waals surface area contributed by atoms with E-state index in [4.69, 9.17) is 0 Å². The number of fused-ring (bicyclic) bond motifs is 1. The number of pyridine rings is 1. The van der Waals surface area contributed by atoms with Crippen LogP contribution >= 0.6 is 0 Å². The van der Waals surface area contributed by atoms with Crippen LogP contribution in [0.3, 0.4) is 0 Å². The summed E-state index contributed by atoms with van der Waals surface area (Å²) in [7, 11) is 0. The predicted octanol–water partition coefficient (Wildman–Crippen LogP) is 1.07. The van der Waals surface area contributed by atoms with Gasteiger partial charge in [0.15, 0.2) is 5.65 Å². The average Bonchev–Trinajstić information content (AvgIpc) is 2.62. The zero-order valence-corrected chi connectivity index (χ0v) is 9.22. The van der Waals surface area contributed by atoms with Gasteiger partial charge < -0.3 is 4.74 Å². The molecule has 0 N–H and O–H groups in total. The van der Waals surface area contributed by atoms with Crippen LogP contribution in [0.25, 0.3) is 5.65 Å². The fraction of sp³-hybridized carbons (Fsp3) is 0.400. The van der Waals surface area contributed by atoms with Gasteiger partial charge in [0.2, 0.25) is 0 Å². The lowest BCUT2D eigenvalue weighted by molar-refractivity contribution is -0.174. The maximum atomic E-state index is 11.8. The highest BCUT2D eigenvalue weighted by molar-refractivity contribution is 5.35. The van der Waals surface area contributed by atoms with Gasteiger partial charge in [-0.1, -0.05) is 6.07 Å². The van der Waals surface area contributed by atoms with E-state index in [0.717, 1.165) is 4.68 Å². The zero-order valence-electron chi connectivity index (χ0n) is 9.22. The van der Waals surface area contributed by atoms with Crippen molar-refractivity contribution in [1.82, 2.24) is 14.2 Å². The molecule has 0 saturated carbocycles. The van der Waals surface area contributed by atoms with E-state index in [9.17, 15) is 18.0 Å². The van der Waals surface area contributed by atoms with Crippen LogP contribution < -0.4 is 5.69 Å². The molecule has 18 heavy (non-hydrogen) atoms. The van der Waals surface area contributed by atoms with Gasteiger partial charge in [-0.05, 0) is 12.1 Å². The average molecular weight is 261 g/mol. The molecular formula is C10H10F3N3O2. The third-order valence-corrected chi connectivity index (χ3v) is 2.20. The fourth-order valence-corrected chi connectivity index (χ4v) is 1.45. The highest BCUT2D eigenvalue weighted by Gasteiger charge is 2.27. The second-order valence-corrected chi connectivity index (χ2v) is 3.60. The van der Waals surface area contributed by atoms with Crippen LogP contribution in [0, 0.1) is 0 Å². The molecule has 0 fully saturated rings. The summed E-state index contributed by atoms with van der Waals surface area (Å²) in [5, 5.41) is 3.95. The molecule has 0 bridgehead atoms. The minimum atomic E-state index is -4.36. The van der Waals surface area contributed by atoms with Crippen molar-refractivity contribution >= 4 is 5.65 Å². The molecule has 0 aliphatic carbocycles. The summed E-state index contributed by atoms with van der Waals surface area (Å²) >= 11 is 0. The highest BCUT2D eigenvalue weighted by Crippen LogP contribution is 2.14. The van der Waals surface area contributed by atoms with Crippen molar-refractivity contribution in [1.29, 1.82) is 0 Å². The van der Waals surface area contributed by atoms with Gasteiger partial charge in [-0.2, -0.15) is 13.2 Å². The van der Waals surface area contributed by atoms with Crippen molar-refractivity contribution in [2.75, 3.05) is 13.2 Å².